The van der Waals surface area contributed by atoms with E-state index in [1.54, 1.807) is 12.4 Å². The van der Waals surface area contributed by atoms with Crippen LogP contribution in [0.5, 0.6) is 0 Å². The van der Waals surface area contributed by atoms with Gasteiger partial charge >= 0.3 is 0 Å². The van der Waals surface area contributed by atoms with Crippen molar-refractivity contribution in [3.05, 3.63) is 71.7 Å². The number of hydrogen-bond donors (Lipinski definition) is 1. The zero-order chi connectivity index (χ0) is 17.9. The first-order valence-corrected chi connectivity index (χ1v) is 8.65. The highest BCUT2D eigenvalue weighted by atomic mass is 16.5. The molecule has 132 valence electrons. The molecule has 1 N–H and O–H groups in total. The van der Waals surface area contributed by atoms with E-state index in [1.165, 1.54) is 0 Å². The van der Waals surface area contributed by atoms with E-state index in [0.717, 1.165) is 16.8 Å². The molecular formula is C20H20N4O2. The van der Waals surface area contributed by atoms with Crippen molar-refractivity contribution in [2.24, 2.45) is 0 Å². The third-order valence-corrected chi connectivity index (χ3v) is 4.62. The summed E-state index contributed by atoms with van der Waals surface area (Å²) in [6.45, 7) is 3.45. The number of nitrogens with zero attached hydrogens (tertiary/aromatic N) is 3. The van der Waals surface area contributed by atoms with Crippen molar-refractivity contribution < 1.29 is 9.53 Å². The second-order valence-electron chi connectivity index (χ2n) is 6.34. The molecular weight excluding hydrogens is 328 g/mol. The predicted octanol–water partition coefficient (Wildman–Crippen LogP) is 2.99. The molecule has 1 aliphatic rings. The molecule has 3 aromatic rings. The Hall–Kier alpha value is -2.99. The SMILES string of the molecule is Cc1[nH]nc(-c2ccccc2)c1C(=O)N1CCOC(c2cccnc2)C1. The molecule has 1 unspecified atom stereocenters. The van der Waals surface area contributed by atoms with Crippen LogP contribution in [0.1, 0.15) is 27.7 Å². The normalized spacial score (nSPS) is 17.3. The minimum atomic E-state index is -0.159. The van der Waals surface area contributed by atoms with Gasteiger partial charge in [-0.05, 0) is 13.0 Å². The van der Waals surface area contributed by atoms with E-state index in [1.807, 2.05) is 54.3 Å². The molecule has 0 spiro atoms. The Kier molecular flexibility index (Phi) is 4.50. The number of aromatic amines is 1. The maximum atomic E-state index is 13.2. The van der Waals surface area contributed by atoms with Crippen LogP contribution in [0.3, 0.4) is 0 Å². The third kappa shape index (κ3) is 3.11. The van der Waals surface area contributed by atoms with Gasteiger partial charge in [-0.25, -0.2) is 0 Å². The molecule has 0 radical (unpaired) electrons. The summed E-state index contributed by atoms with van der Waals surface area (Å²) in [6, 6.07) is 13.6. The fourth-order valence-electron chi connectivity index (χ4n) is 3.26. The number of hydrogen-bond acceptors (Lipinski definition) is 4. The molecule has 2 aromatic heterocycles. The summed E-state index contributed by atoms with van der Waals surface area (Å²) in [7, 11) is 0. The lowest BCUT2D eigenvalue weighted by Crippen LogP contribution is -2.42. The van der Waals surface area contributed by atoms with Gasteiger partial charge in [0.15, 0.2) is 0 Å². The average molecular weight is 348 g/mol. The number of carbonyl (C=O) groups excluding carboxylic acids is 1. The van der Waals surface area contributed by atoms with Crippen molar-refractivity contribution in [1.29, 1.82) is 0 Å². The molecule has 0 bridgehead atoms. The van der Waals surface area contributed by atoms with Crippen LogP contribution in [-0.2, 0) is 4.74 Å². The number of ether oxygens (including phenoxy) is 1. The Morgan fingerprint density at radius 2 is 2.08 bits per heavy atom. The number of amides is 1. The molecule has 1 amide bonds. The van der Waals surface area contributed by atoms with Gasteiger partial charge in [0.25, 0.3) is 5.91 Å². The first-order chi connectivity index (χ1) is 12.7. The first-order valence-electron chi connectivity index (χ1n) is 8.65. The number of H-pyrrole nitrogens is 1. The van der Waals surface area contributed by atoms with Gasteiger partial charge in [0.1, 0.15) is 11.8 Å². The van der Waals surface area contributed by atoms with Gasteiger partial charge in [-0.15, -0.1) is 0 Å². The summed E-state index contributed by atoms with van der Waals surface area (Å²) < 4.78 is 5.85. The van der Waals surface area contributed by atoms with Crippen molar-refractivity contribution in [3.8, 4) is 11.3 Å². The number of aromatic nitrogens is 3. The fourth-order valence-corrected chi connectivity index (χ4v) is 3.26. The molecule has 6 nitrogen and oxygen atoms in total. The molecule has 0 aliphatic carbocycles. The molecule has 1 aromatic carbocycles. The molecule has 1 aliphatic heterocycles. The Labute approximate surface area is 151 Å². The van der Waals surface area contributed by atoms with Crippen LogP contribution in [0.25, 0.3) is 11.3 Å². The maximum Gasteiger partial charge on any atom is 0.258 e. The van der Waals surface area contributed by atoms with Crippen molar-refractivity contribution in [2.75, 3.05) is 19.7 Å². The summed E-state index contributed by atoms with van der Waals surface area (Å²) in [4.78, 5) is 19.2. The molecule has 4 rings (SSSR count). The second kappa shape index (κ2) is 7.09. The van der Waals surface area contributed by atoms with Crippen LogP contribution in [-0.4, -0.2) is 45.7 Å². The van der Waals surface area contributed by atoms with Crippen LogP contribution in [0.15, 0.2) is 54.9 Å². The molecule has 1 atom stereocenters. The third-order valence-electron chi connectivity index (χ3n) is 4.62. The summed E-state index contributed by atoms with van der Waals surface area (Å²) in [5.74, 6) is -0.0210. The number of benzene rings is 1. The Morgan fingerprint density at radius 1 is 1.23 bits per heavy atom. The number of aryl methyl sites for hydroxylation is 1. The van der Waals surface area contributed by atoms with Crippen LogP contribution in [0.2, 0.25) is 0 Å². The summed E-state index contributed by atoms with van der Waals surface area (Å²) >= 11 is 0. The van der Waals surface area contributed by atoms with Gasteiger partial charge in [0.05, 0.1) is 18.7 Å². The zero-order valence-electron chi connectivity index (χ0n) is 14.6. The molecule has 3 heterocycles. The van der Waals surface area contributed by atoms with E-state index in [9.17, 15) is 4.79 Å². The van der Waals surface area contributed by atoms with Crippen molar-refractivity contribution in [2.45, 2.75) is 13.0 Å². The number of nitrogens with one attached hydrogen (secondary N) is 1. The molecule has 1 fully saturated rings. The minimum Gasteiger partial charge on any atom is -0.370 e. The maximum absolute atomic E-state index is 13.2. The van der Waals surface area contributed by atoms with Gasteiger partial charge in [-0.2, -0.15) is 5.10 Å². The second-order valence-corrected chi connectivity index (χ2v) is 6.34. The number of carbonyl (C=O) groups is 1. The molecule has 0 saturated carbocycles. The summed E-state index contributed by atoms with van der Waals surface area (Å²) in [6.07, 6.45) is 3.36. The standard InChI is InChI=1S/C20H20N4O2/c1-14-18(19(23-22-14)15-6-3-2-4-7-15)20(25)24-10-11-26-17(13-24)16-8-5-9-21-12-16/h2-9,12,17H,10-11,13H2,1H3,(H,22,23). The average Bonchev–Trinajstić information content (AvgIpc) is 3.10. The zero-order valence-corrected chi connectivity index (χ0v) is 14.6. The van der Waals surface area contributed by atoms with E-state index in [0.29, 0.717) is 31.0 Å². The fraction of sp³-hybridized carbons (Fsp3) is 0.250. The highest BCUT2D eigenvalue weighted by molar-refractivity contribution is 6.01. The highest BCUT2D eigenvalue weighted by Crippen LogP contribution is 2.27. The van der Waals surface area contributed by atoms with E-state index in [4.69, 9.17) is 4.74 Å². The largest absolute Gasteiger partial charge is 0.370 e. The van der Waals surface area contributed by atoms with Crippen molar-refractivity contribution >= 4 is 5.91 Å². The minimum absolute atomic E-state index is 0.0210. The molecule has 26 heavy (non-hydrogen) atoms. The topological polar surface area (TPSA) is 71.1 Å². The van der Waals surface area contributed by atoms with Gasteiger partial charge in [0, 0.05) is 35.8 Å². The lowest BCUT2D eigenvalue weighted by atomic mass is 10.0. The Balaban J connectivity index is 1.61. The van der Waals surface area contributed by atoms with Gasteiger partial charge < -0.3 is 9.64 Å². The summed E-state index contributed by atoms with van der Waals surface area (Å²) in [5.41, 5.74) is 4.01. The Bertz CT molecular complexity index is 893. The molecule has 6 heteroatoms. The molecule has 1 saturated heterocycles. The number of rotatable bonds is 3. The highest BCUT2D eigenvalue weighted by Gasteiger charge is 2.29. The lowest BCUT2D eigenvalue weighted by Gasteiger charge is -2.33. The Morgan fingerprint density at radius 3 is 2.85 bits per heavy atom. The van der Waals surface area contributed by atoms with Crippen LogP contribution < -0.4 is 0 Å². The summed E-state index contributed by atoms with van der Waals surface area (Å²) in [5, 5.41) is 7.33. The van der Waals surface area contributed by atoms with Gasteiger partial charge in [-0.3, -0.25) is 14.9 Å². The van der Waals surface area contributed by atoms with Crippen LogP contribution >= 0.6 is 0 Å². The number of morpholine rings is 1. The smallest absolute Gasteiger partial charge is 0.258 e. The quantitative estimate of drug-likeness (QED) is 0.790. The first kappa shape index (κ1) is 16.5. The van der Waals surface area contributed by atoms with Crippen molar-refractivity contribution in [3.63, 3.8) is 0 Å². The monoisotopic (exact) mass is 348 g/mol. The lowest BCUT2D eigenvalue weighted by molar-refractivity contribution is -0.0229. The van der Waals surface area contributed by atoms with Gasteiger partial charge in [-0.1, -0.05) is 36.4 Å². The van der Waals surface area contributed by atoms with Gasteiger partial charge in [0.2, 0.25) is 0 Å². The van der Waals surface area contributed by atoms with E-state index >= 15 is 0 Å². The van der Waals surface area contributed by atoms with E-state index in [2.05, 4.69) is 15.2 Å². The van der Waals surface area contributed by atoms with Crippen LogP contribution in [0, 0.1) is 6.92 Å². The van der Waals surface area contributed by atoms with Crippen LogP contribution in [0.4, 0.5) is 0 Å². The van der Waals surface area contributed by atoms with E-state index < -0.39 is 0 Å². The predicted molar refractivity (Wildman–Crippen MR) is 97.6 cm³/mol. The van der Waals surface area contributed by atoms with E-state index in [-0.39, 0.29) is 12.0 Å². The number of pyridine rings is 1. The van der Waals surface area contributed by atoms with Crippen molar-refractivity contribution in [1.82, 2.24) is 20.1 Å².